The third-order valence-corrected chi connectivity index (χ3v) is 5.69. The standard InChI is InChI=1S/C24H23FN2O2S/c1-17-26-21(16-30-17)15-29-23-4-2-3-18(13-23)7-12-24(28)27(22-10-11-22)14-19-5-8-20(25)9-6-19/h2-9,12-13,16,22H,10-11,14-15H2,1H3. The van der Waals surface area contributed by atoms with Crippen LogP contribution in [0.25, 0.3) is 6.08 Å². The van der Waals surface area contributed by atoms with Gasteiger partial charge in [0.15, 0.2) is 0 Å². The molecule has 1 heterocycles. The molecule has 4 nitrogen and oxygen atoms in total. The topological polar surface area (TPSA) is 42.4 Å². The number of ether oxygens (including phenoxy) is 1. The van der Waals surface area contributed by atoms with Gasteiger partial charge in [-0.3, -0.25) is 4.79 Å². The fourth-order valence-electron chi connectivity index (χ4n) is 3.16. The highest BCUT2D eigenvalue weighted by Crippen LogP contribution is 2.29. The molecule has 0 bridgehead atoms. The van der Waals surface area contributed by atoms with Gasteiger partial charge in [-0.2, -0.15) is 0 Å². The Kier molecular flexibility index (Phi) is 6.23. The molecule has 0 N–H and O–H groups in total. The molecule has 0 atom stereocenters. The Balaban J connectivity index is 1.39. The predicted molar refractivity (Wildman–Crippen MR) is 117 cm³/mol. The highest BCUT2D eigenvalue weighted by molar-refractivity contribution is 7.09. The lowest BCUT2D eigenvalue weighted by molar-refractivity contribution is -0.127. The highest BCUT2D eigenvalue weighted by Gasteiger charge is 2.31. The monoisotopic (exact) mass is 422 g/mol. The number of benzene rings is 2. The summed E-state index contributed by atoms with van der Waals surface area (Å²) in [5.74, 6) is 0.432. The van der Waals surface area contributed by atoms with Crippen molar-refractivity contribution in [3.8, 4) is 5.75 Å². The molecule has 0 radical (unpaired) electrons. The first-order chi connectivity index (χ1) is 14.6. The fraction of sp³-hybridized carbons (Fsp3) is 0.250. The van der Waals surface area contributed by atoms with Gasteiger partial charge < -0.3 is 9.64 Å². The number of hydrogen-bond acceptors (Lipinski definition) is 4. The second kappa shape index (κ2) is 9.22. The van der Waals surface area contributed by atoms with Crippen molar-refractivity contribution in [2.75, 3.05) is 0 Å². The minimum Gasteiger partial charge on any atom is -0.487 e. The molecule has 1 amide bonds. The SMILES string of the molecule is Cc1nc(COc2cccc(C=CC(=O)N(Cc3ccc(F)cc3)C3CC3)c2)cs1. The summed E-state index contributed by atoms with van der Waals surface area (Å²) in [5.41, 5.74) is 2.74. The van der Waals surface area contributed by atoms with Gasteiger partial charge in [-0.15, -0.1) is 11.3 Å². The average Bonchev–Trinajstić information content (AvgIpc) is 3.51. The van der Waals surface area contributed by atoms with Gasteiger partial charge in [0, 0.05) is 24.0 Å². The van der Waals surface area contributed by atoms with E-state index in [4.69, 9.17) is 4.74 Å². The van der Waals surface area contributed by atoms with Crippen molar-refractivity contribution in [3.63, 3.8) is 0 Å². The Morgan fingerprint density at radius 3 is 2.77 bits per heavy atom. The Labute approximate surface area is 179 Å². The molecule has 0 unspecified atom stereocenters. The quantitative estimate of drug-likeness (QED) is 0.458. The van der Waals surface area contributed by atoms with E-state index < -0.39 is 0 Å². The van der Waals surface area contributed by atoms with Gasteiger partial charge in [0.2, 0.25) is 5.91 Å². The zero-order chi connectivity index (χ0) is 20.9. The molecule has 1 aliphatic rings. The van der Waals surface area contributed by atoms with Crippen molar-refractivity contribution in [1.29, 1.82) is 0 Å². The lowest BCUT2D eigenvalue weighted by atomic mass is 10.2. The Morgan fingerprint density at radius 2 is 2.07 bits per heavy atom. The Hall–Kier alpha value is -2.99. The summed E-state index contributed by atoms with van der Waals surface area (Å²) in [5, 5.41) is 3.01. The van der Waals surface area contributed by atoms with Crippen LogP contribution in [0.1, 0.15) is 34.7 Å². The van der Waals surface area contributed by atoms with Crippen LogP contribution >= 0.6 is 11.3 Å². The highest BCUT2D eigenvalue weighted by atomic mass is 32.1. The summed E-state index contributed by atoms with van der Waals surface area (Å²) >= 11 is 1.60. The molecule has 4 rings (SSSR count). The Bertz CT molecular complexity index is 1040. The van der Waals surface area contributed by atoms with Gasteiger partial charge in [0.05, 0.1) is 10.7 Å². The number of thiazole rings is 1. The number of aromatic nitrogens is 1. The number of amides is 1. The van der Waals surface area contributed by atoms with E-state index in [1.165, 1.54) is 12.1 Å². The molecule has 0 aliphatic heterocycles. The van der Waals surface area contributed by atoms with E-state index in [1.54, 1.807) is 29.5 Å². The average molecular weight is 423 g/mol. The Morgan fingerprint density at radius 1 is 1.27 bits per heavy atom. The maximum Gasteiger partial charge on any atom is 0.247 e. The van der Waals surface area contributed by atoms with Crippen molar-refractivity contribution < 1.29 is 13.9 Å². The van der Waals surface area contributed by atoms with Crippen molar-refractivity contribution >= 4 is 23.3 Å². The van der Waals surface area contributed by atoms with Gasteiger partial charge in [0.25, 0.3) is 0 Å². The minimum absolute atomic E-state index is 0.0360. The summed E-state index contributed by atoms with van der Waals surface area (Å²) in [4.78, 5) is 19.0. The third-order valence-electron chi connectivity index (χ3n) is 4.87. The summed E-state index contributed by atoms with van der Waals surface area (Å²) < 4.78 is 19.0. The number of nitrogens with zero attached hydrogens (tertiary/aromatic N) is 2. The largest absolute Gasteiger partial charge is 0.487 e. The molecule has 2 aromatic carbocycles. The van der Waals surface area contributed by atoms with E-state index in [1.807, 2.05) is 47.5 Å². The van der Waals surface area contributed by atoms with Crippen LogP contribution in [0.5, 0.6) is 5.75 Å². The molecule has 1 saturated carbocycles. The van der Waals surface area contributed by atoms with Gasteiger partial charge >= 0.3 is 0 Å². The van der Waals surface area contributed by atoms with Crippen LogP contribution in [0.4, 0.5) is 4.39 Å². The summed E-state index contributed by atoms with van der Waals surface area (Å²) in [6.45, 7) is 2.88. The molecular formula is C24H23FN2O2S. The van der Waals surface area contributed by atoms with Gasteiger partial charge in [-0.05, 0) is 61.2 Å². The third kappa shape index (κ3) is 5.54. The van der Waals surface area contributed by atoms with Crippen LogP contribution in [0.15, 0.2) is 60.0 Å². The first-order valence-corrected chi connectivity index (χ1v) is 10.8. The number of aryl methyl sites for hydroxylation is 1. The van der Waals surface area contributed by atoms with Crippen LogP contribution in [-0.2, 0) is 17.9 Å². The van der Waals surface area contributed by atoms with Gasteiger partial charge in [0.1, 0.15) is 18.2 Å². The molecular weight excluding hydrogens is 399 g/mol. The number of halogens is 1. The summed E-state index contributed by atoms with van der Waals surface area (Å²) in [6.07, 6.45) is 5.44. The second-order valence-corrected chi connectivity index (χ2v) is 8.44. The van der Waals surface area contributed by atoms with Crippen molar-refractivity contribution in [3.05, 3.63) is 87.6 Å². The van der Waals surface area contributed by atoms with E-state index in [0.29, 0.717) is 13.2 Å². The molecule has 30 heavy (non-hydrogen) atoms. The fourth-order valence-corrected chi connectivity index (χ4v) is 3.76. The normalized spacial score (nSPS) is 13.5. The van der Waals surface area contributed by atoms with Crippen molar-refractivity contribution in [1.82, 2.24) is 9.88 Å². The zero-order valence-corrected chi connectivity index (χ0v) is 17.6. The van der Waals surface area contributed by atoms with E-state index in [-0.39, 0.29) is 17.8 Å². The van der Waals surface area contributed by atoms with Crippen LogP contribution in [0, 0.1) is 12.7 Å². The number of carbonyl (C=O) groups is 1. The molecule has 0 saturated heterocycles. The molecule has 1 fully saturated rings. The number of carbonyl (C=O) groups excluding carboxylic acids is 1. The van der Waals surface area contributed by atoms with Crippen LogP contribution in [-0.4, -0.2) is 21.8 Å². The molecule has 154 valence electrons. The van der Waals surface area contributed by atoms with Gasteiger partial charge in [-0.25, -0.2) is 9.37 Å². The maximum absolute atomic E-state index is 13.1. The molecule has 3 aromatic rings. The molecule has 0 spiro atoms. The lowest BCUT2D eigenvalue weighted by Gasteiger charge is -2.21. The molecule has 1 aromatic heterocycles. The maximum atomic E-state index is 13.1. The second-order valence-electron chi connectivity index (χ2n) is 7.38. The first-order valence-electron chi connectivity index (χ1n) is 9.94. The van der Waals surface area contributed by atoms with Crippen LogP contribution in [0.3, 0.4) is 0 Å². The van der Waals surface area contributed by atoms with Crippen molar-refractivity contribution in [2.45, 2.75) is 39.0 Å². The minimum atomic E-state index is -0.269. The van der Waals surface area contributed by atoms with E-state index in [9.17, 15) is 9.18 Å². The first kappa shape index (κ1) is 20.3. The van der Waals surface area contributed by atoms with Crippen molar-refractivity contribution in [2.24, 2.45) is 0 Å². The number of hydrogen-bond donors (Lipinski definition) is 0. The molecule has 1 aliphatic carbocycles. The summed E-state index contributed by atoms with van der Waals surface area (Å²) in [7, 11) is 0. The van der Waals surface area contributed by atoms with E-state index >= 15 is 0 Å². The molecule has 6 heteroatoms. The van der Waals surface area contributed by atoms with Gasteiger partial charge in [-0.1, -0.05) is 24.3 Å². The number of rotatable bonds is 8. The van der Waals surface area contributed by atoms with E-state index in [0.717, 1.165) is 40.4 Å². The van der Waals surface area contributed by atoms with E-state index in [2.05, 4.69) is 4.98 Å². The zero-order valence-electron chi connectivity index (χ0n) is 16.8. The lowest BCUT2D eigenvalue weighted by Crippen LogP contribution is -2.31. The smallest absolute Gasteiger partial charge is 0.247 e. The predicted octanol–water partition coefficient (Wildman–Crippen LogP) is 5.37. The van der Waals surface area contributed by atoms with Crippen LogP contribution < -0.4 is 4.74 Å². The summed E-state index contributed by atoms with van der Waals surface area (Å²) in [6, 6.07) is 14.2. The van der Waals surface area contributed by atoms with Crippen LogP contribution in [0.2, 0.25) is 0 Å².